The number of benzene rings is 1. The van der Waals surface area contributed by atoms with Gasteiger partial charge in [0, 0.05) is 0 Å². The largest absolute Gasteiger partial charge is 0.417 e. The summed E-state index contributed by atoms with van der Waals surface area (Å²) in [6, 6.07) is 7.93. The molecule has 1 aromatic carbocycles. The van der Waals surface area contributed by atoms with E-state index in [0.29, 0.717) is 11.4 Å². The van der Waals surface area contributed by atoms with Crippen molar-refractivity contribution in [1.29, 1.82) is 0 Å². The molecule has 1 aliphatic rings. The van der Waals surface area contributed by atoms with Gasteiger partial charge < -0.3 is 5.32 Å². The fourth-order valence-corrected chi connectivity index (χ4v) is 3.13. The molecule has 25 heavy (non-hydrogen) atoms. The third-order valence-electron chi connectivity index (χ3n) is 4.94. The van der Waals surface area contributed by atoms with Crippen molar-refractivity contribution >= 4 is 5.82 Å². The van der Waals surface area contributed by atoms with Crippen molar-refractivity contribution < 1.29 is 13.2 Å². The van der Waals surface area contributed by atoms with Crippen LogP contribution in [0.25, 0.3) is 0 Å². The molecule has 6 heteroatoms. The molecule has 0 amide bonds. The van der Waals surface area contributed by atoms with E-state index in [2.05, 4.69) is 15.5 Å². The van der Waals surface area contributed by atoms with Crippen LogP contribution in [0.5, 0.6) is 0 Å². The number of nitrogens with one attached hydrogen (secondary N) is 1. The number of nitrogens with zero attached hydrogens (tertiary/aromatic N) is 2. The second kappa shape index (κ2) is 6.32. The summed E-state index contributed by atoms with van der Waals surface area (Å²) in [6.07, 6.45) is -2.02. The van der Waals surface area contributed by atoms with Crippen LogP contribution in [-0.2, 0) is 18.0 Å². The Kier molecular flexibility index (Phi) is 4.47. The zero-order valence-electron chi connectivity index (χ0n) is 14.6. The van der Waals surface area contributed by atoms with Crippen molar-refractivity contribution in [1.82, 2.24) is 10.2 Å². The molecule has 3 rings (SSSR count). The first kappa shape index (κ1) is 17.7. The van der Waals surface area contributed by atoms with Crippen molar-refractivity contribution in [3.05, 3.63) is 52.7 Å². The Morgan fingerprint density at radius 3 is 2.40 bits per heavy atom. The Morgan fingerprint density at radius 1 is 1.16 bits per heavy atom. The van der Waals surface area contributed by atoms with Crippen molar-refractivity contribution in [3.8, 4) is 0 Å². The summed E-state index contributed by atoms with van der Waals surface area (Å²) in [5.74, 6) is 0.473. The molecule has 1 N–H and O–H groups in total. The van der Waals surface area contributed by atoms with Gasteiger partial charge in [0.05, 0.1) is 17.3 Å². The van der Waals surface area contributed by atoms with Crippen LogP contribution in [0.1, 0.15) is 62.0 Å². The minimum atomic E-state index is -4.38. The van der Waals surface area contributed by atoms with Gasteiger partial charge in [-0.25, -0.2) is 0 Å². The van der Waals surface area contributed by atoms with Crippen LogP contribution in [0.3, 0.4) is 0 Å². The van der Waals surface area contributed by atoms with E-state index in [-0.39, 0.29) is 11.0 Å². The zero-order valence-corrected chi connectivity index (χ0v) is 14.6. The molecule has 0 saturated heterocycles. The van der Waals surface area contributed by atoms with E-state index in [1.807, 2.05) is 19.9 Å². The lowest BCUT2D eigenvalue weighted by Crippen LogP contribution is -2.20. The number of anilines is 1. The smallest absolute Gasteiger partial charge is 0.362 e. The van der Waals surface area contributed by atoms with Crippen molar-refractivity contribution in [3.63, 3.8) is 0 Å². The number of alkyl halides is 3. The Morgan fingerprint density at radius 2 is 1.88 bits per heavy atom. The van der Waals surface area contributed by atoms with Crippen LogP contribution in [0.15, 0.2) is 30.3 Å². The molecule has 1 unspecified atom stereocenters. The minimum absolute atomic E-state index is 0.250. The molecule has 0 spiro atoms. The summed E-state index contributed by atoms with van der Waals surface area (Å²) in [6.45, 7) is 5.59. The Labute approximate surface area is 145 Å². The van der Waals surface area contributed by atoms with Gasteiger partial charge in [-0.1, -0.05) is 32.0 Å². The van der Waals surface area contributed by atoms with Crippen LogP contribution in [-0.4, -0.2) is 10.2 Å². The molecule has 0 bridgehead atoms. The Balaban J connectivity index is 1.95. The summed E-state index contributed by atoms with van der Waals surface area (Å²) in [7, 11) is 0. The lowest BCUT2D eigenvalue weighted by Gasteiger charge is -2.24. The number of aromatic nitrogens is 2. The minimum Gasteiger partial charge on any atom is -0.362 e. The van der Waals surface area contributed by atoms with Crippen LogP contribution in [0.2, 0.25) is 0 Å². The Bertz CT molecular complexity index is 749. The van der Waals surface area contributed by atoms with E-state index in [1.54, 1.807) is 31.2 Å². The van der Waals surface area contributed by atoms with E-state index in [0.717, 1.165) is 25.0 Å². The number of rotatable bonds is 5. The van der Waals surface area contributed by atoms with E-state index in [1.165, 1.54) is 0 Å². The SMILES string of the molecule is CCc1ccc(NC(C)c2cccc(C3(C)CC3)c2C(F)(F)F)nn1. The molecule has 0 radical (unpaired) electrons. The number of aryl methyl sites for hydroxylation is 1. The number of hydrogen-bond donors (Lipinski definition) is 1. The monoisotopic (exact) mass is 349 g/mol. The van der Waals surface area contributed by atoms with Gasteiger partial charge >= 0.3 is 6.18 Å². The van der Waals surface area contributed by atoms with E-state index in [4.69, 9.17) is 0 Å². The summed E-state index contributed by atoms with van der Waals surface area (Å²) >= 11 is 0. The maximum atomic E-state index is 13.8. The molecule has 2 aromatic rings. The van der Waals surface area contributed by atoms with E-state index in [9.17, 15) is 13.2 Å². The molecule has 1 aromatic heterocycles. The third-order valence-corrected chi connectivity index (χ3v) is 4.94. The van der Waals surface area contributed by atoms with Crippen molar-refractivity contribution in [2.24, 2.45) is 0 Å². The molecule has 1 saturated carbocycles. The molecular weight excluding hydrogens is 327 g/mol. The van der Waals surface area contributed by atoms with Crippen molar-refractivity contribution in [2.45, 2.75) is 57.7 Å². The highest BCUT2D eigenvalue weighted by molar-refractivity contribution is 5.48. The van der Waals surface area contributed by atoms with E-state index >= 15 is 0 Å². The summed E-state index contributed by atoms with van der Waals surface area (Å²) in [5.41, 5.74) is 0.632. The van der Waals surface area contributed by atoms with Gasteiger partial charge in [-0.05, 0) is 54.9 Å². The summed E-state index contributed by atoms with van der Waals surface area (Å²) in [5, 5.41) is 11.1. The second-order valence-electron chi connectivity index (χ2n) is 6.96. The molecule has 1 heterocycles. The van der Waals surface area contributed by atoms with Gasteiger partial charge in [-0.2, -0.15) is 18.3 Å². The molecule has 1 fully saturated rings. The molecule has 3 nitrogen and oxygen atoms in total. The maximum Gasteiger partial charge on any atom is 0.417 e. The third kappa shape index (κ3) is 3.62. The van der Waals surface area contributed by atoms with Gasteiger partial charge in [0.25, 0.3) is 0 Å². The lowest BCUT2D eigenvalue weighted by molar-refractivity contribution is -0.139. The molecule has 1 atom stereocenters. The first-order chi connectivity index (χ1) is 11.7. The van der Waals surface area contributed by atoms with Crippen LogP contribution < -0.4 is 5.32 Å². The maximum absolute atomic E-state index is 13.8. The molecule has 1 aliphatic carbocycles. The van der Waals surface area contributed by atoms with Crippen LogP contribution in [0, 0.1) is 0 Å². The predicted octanol–water partition coefficient (Wildman–Crippen LogP) is 5.28. The molecular formula is C19H22F3N3. The van der Waals surface area contributed by atoms with Crippen LogP contribution >= 0.6 is 0 Å². The highest BCUT2D eigenvalue weighted by Crippen LogP contribution is 2.52. The molecule has 0 aliphatic heterocycles. The highest BCUT2D eigenvalue weighted by atomic mass is 19.4. The fourth-order valence-electron chi connectivity index (χ4n) is 3.13. The summed E-state index contributed by atoms with van der Waals surface area (Å²) < 4.78 is 41.4. The van der Waals surface area contributed by atoms with Gasteiger partial charge in [-0.3, -0.25) is 0 Å². The Hall–Kier alpha value is -2.11. The standard InChI is InChI=1S/C19H22F3N3/c1-4-13-8-9-16(25-24-13)23-12(2)14-6-5-7-15(18(3)10-11-18)17(14)19(20,21)22/h5-9,12H,4,10-11H2,1-3H3,(H,23,25). The second-order valence-corrected chi connectivity index (χ2v) is 6.96. The number of hydrogen-bond acceptors (Lipinski definition) is 3. The normalized spacial score (nSPS) is 17.2. The average Bonchev–Trinajstić information content (AvgIpc) is 3.33. The zero-order chi connectivity index (χ0) is 18.2. The lowest BCUT2D eigenvalue weighted by atomic mass is 9.87. The molecule has 134 valence electrons. The topological polar surface area (TPSA) is 37.8 Å². The average molecular weight is 349 g/mol. The van der Waals surface area contributed by atoms with Gasteiger partial charge in [0.2, 0.25) is 0 Å². The van der Waals surface area contributed by atoms with Crippen molar-refractivity contribution in [2.75, 3.05) is 5.32 Å². The number of halogens is 3. The first-order valence-electron chi connectivity index (χ1n) is 8.54. The first-order valence-corrected chi connectivity index (χ1v) is 8.54. The highest BCUT2D eigenvalue weighted by Gasteiger charge is 2.47. The van der Waals surface area contributed by atoms with Crippen LogP contribution in [0.4, 0.5) is 19.0 Å². The van der Waals surface area contributed by atoms with Gasteiger partial charge in [0.15, 0.2) is 0 Å². The quantitative estimate of drug-likeness (QED) is 0.798. The fraction of sp³-hybridized carbons (Fsp3) is 0.474. The van der Waals surface area contributed by atoms with E-state index < -0.39 is 17.8 Å². The summed E-state index contributed by atoms with van der Waals surface area (Å²) in [4.78, 5) is 0. The van der Waals surface area contributed by atoms with Gasteiger partial charge in [-0.15, -0.1) is 5.10 Å². The predicted molar refractivity (Wildman–Crippen MR) is 91.5 cm³/mol. The van der Waals surface area contributed by atoms with Gasteiger partial charge in [0.1, 0.15) is 5.82 Å².